The zero-order valence-electron chi connectivity index (χ0n) is 48.2. The van der Waals surface area contributed by atoms with E-state index in [1.54, 1.807) is 13.8 Å². The average molecular weight is 1060 g/mol. The average Bonchev–Trinajstić information content (AvgIpc) is 3.41. The Bertz CT molecular complexity index is 1700. The number of rotatable bonds is 49. The number of hydrogen-bond acceptors (Lipinski definition) is 8. The van der Waals surface area contributed by atoms with Crippen LogP contribution in [0.1, 0.15) is 246 Å². The molecular weight excluding hydrogens is 957 g/mol. The summed E-state index contributed by atoms with van der Waals surface area (Å²) in [5.74, 6) is -0.922. The maximum absolute atomic E-state index is 12.8. The summed E-state index contributed by atoms with van der Waals surface area (Å²) < 4.78 is 14.8. The predicted octanol–water partition coefficient (Wildman–Crippen LogP) is 11.6. The summed E-state index contributed by atoms with van der Waals surface area (Å²) in [7, 11) is 0. The number of nitrogens with one attached hydrogen (secondary N) is 4. The SMILES string of the molecule is CCCCCCCCCCCC(=O)NCCCCC(NC(=O)CCCCC[n+]1ccc(-c2cc[n+](CCCCCC(=O)NC(CCCCNC(=O)CCCCCCCCCCC)C(=O)OCC)cc2)cc1)C(=O)OCC. The minimum atomic E-state index is -0.679. The van der Waals surface area contributed by atoms with Crippen molar-refractivity contribution in [1.82, 2.24) is 21.3 Å². The van der Waals surface area contributed by atoms with E-state index >= 15 is 0 Å². The molecule has 0 aliphatic rings. The zero-order valence-corrected chi connectivity index (χ0v) is 48.2. The van der Waals surface area contributed by atoms with Gasteiger partial charge in [0.1, 0.15) is 25.2 Å². The molecule has 14 nitrogen and oxygen atoms in total. The third kappa shape index (κ3) is 35.4. The summed E-state index contributed by atoms with van der Waals surface area (Å²) >= 11 is 0. The highest BCUT2D eigenvalue weighted by Crippen LogP contribution is 2.17. The van der Waals surface area contributed by atoms with Crippen LogP contribution in [0.3, 0.4) is 0 Å². The summed E-state index contributed by atoms with van der Waals surface area (Å²) in [5.41, 5.74) is 2.26. The van der Waals surface area contributed by atoms with Gasteiger partial charge in [0.05, 0.1) is 13.2 Å². The van der Waals surface area contributed by atoms with Crippen molar-refractivity contribution in [2.45, 2.75) is 271 Å². The van der Waals surface area contributed by atoms with Crippen LogP contribution in [0.2, 0.25) is 0 Å². The quantitative estimate of drug-likeness (QED) is 0.0287. The normalized spacial score (nSPS) is 11.9. The molecule has 0 saturated heterocycles. The fourth-order valence-corrected chi connectivity index (χ4v) is 9.40. The molecule has 2 aromatic heterocycles. The van der Waals surface area contributed by atoms with Crippen LogP contribution in [0, 0.1) is 0 Å². The lowest BCUT2D eigenvalue weighted by atomic mass is 10.1. The molecule has 0 spiro atoms. The van der Waals surface area contributed by atoms with Gasteiger partial charge in [0, 0.05) is 75.9 Å². The van der Waals surface area contributed by atoms with Crippen molar-refractivity contribution in [2.75, 3.05) is 26.3 Å². The van der Waals surface area contributed by atoms with Gasteiger partial charge < -0.3 is 30.7 Å². The fraction of sp³-hybridized carbons (Fsp3) is 0.742. The lowest BCUT2D eigenvalue weighted by Gasteiger charge is -2.17. The van der Waals surface area contributed by atoms with E-state index < -0.39 is 24.0 Å². The van der Waals surface area contributed by atoms with Gasteiger partial charge in [-0.15, -0.1) is 0 Å². The van der Waals surface area contributed by atoms with E-state index in [9.17, 15) is 28.8 Å². The first-order valence-corrected chi connectivity index (χ1v) is 30.5. The van der Waals surface area contributed by atoms with E-state index in [0.29, 0.717) is 64.5 Å². The molecule has 430 valence electrons. The Balaban J connectivity index is 1.59. The lowest BCUT2D eigenvalue weighted by molar-refractivity contribution is -0.697. The van der Waals surface area contributed by atoms with Crippen LogP contribution in [0.5, 0.6) is 0 Å². The number of unbranched alkanes of at least 4 members (excludes halogenated alkanes) is 22. The Morgan fingerprint density at radius 3 is 1.01 bits per heavy atom. The Kier molecular flexibility index (Phi) is 40.9. The monoisotopic (exact) mass is 1060 g/mol. The van der Waals surface area contributed by atoms with Crippen LogP contribution in [0.25, 0.3) is 11.1 Å². The molecular formula is C62H106N6O8+2. The number of amides is 4. The van der Waals surface area contributed by atoms with E-state index in [1.807, 2.05) is 0 Å². The van der Waals surface area contributed by atoms with E-state index in [2.05, 4.69) is 93.3 Å². The van der Waals surface area contributed by atoms with Crippen molar-refractivity contribution < 1.29 is 47.4 Å². The van der Waals surface area contributed by atoms with Gasteiger partial charge in [-0.3, -0.25) is 19.2 Å². The highest BCUT2D eigenvalue weighted by molar-refractivity contribution is 5.85. The van der Waals surface area contributed by atoms with Crippen molar-refractivity contribution >= 4 is 35.6 Å². The molecule has 4 amide bonds. The van der Waals surface area contributed by atoms with Crippen LogP contribution in [-0.4, -0.2) is 74.0 Å². The molecule has 14 heteroatoms. The van der Waals surface area contributed by atoms with Crippen molar-refractivity contribution in [2.24, 2.45) is 0 Å². The van der Waals surface area contributed by atoms with Gasteiger partial charge in [0.15, 0.2) is 24.8 Å². The molecule has 76 heavy (non-hydrogen) atoms. The van der Waals surface area contributed by atoms with Crippen molar-refractivity contribution in [1.29, 1.82) is 0 Å². The molecule has 2 heterocycles. The smallest absolute Gasteiger partial charge is 0.328 e. The Morgan fingerprint density at radius 2 is 0.684 bits per heavy atom. The van der Waals surface area contributed by atoms with Gasteiger partial charge in [-0.25, -0.2) is 18.7 Å². The molecule has 2 atom stereocenters. The highest BCUT2D eigenvalue weighted by Gasteiger charge is 2.23. The molecule has 0 fully saturated rings. The van der Waals surface area contributed by atoms with Gasteiger partial charge in [-0.1, -0.05) is 117 Å². The number of hydrogen-bond donors (Lipinski definition) is 4. The molecule has 2 rings (SSSR count). The lowest BCUT2D eigenvalue weighted by Crippen LogP contribution is -2.42. The van der Waals surface area contributed by atoms with Gasteiger partial charge in [0.25, 0.3) is 0 Å². The summed E-state index contributed by atoms with van der Waals surface area (Å²) in [6.45, 7) is 11.3. The number of aromatic nitrogens is 2. The minimum absolute atomic E-state index is 0.0867. The van der Waals surface area contributed by atoms with Gasteiger partial charge >= 0.3 is 11.9 Å². The van der Waals surface area contributed by atoms with Crippen molar-refractivity contribution in [3.05, 3.63) is 49.1 Å². The van der Waals surface area contributed by atoms with Gasteiger partial charge in [-0.05, 0) is 102 Å². The van der Waals surface area contributed by atoms with E-state index in [-0.39, 0.29) is 36.8 Å². The van der Waals surface area contributed by atoms with E-state index in [1.165, 1.54) is 89.9 Å². The molecule has 0 saturated carbocycles. The molecule has 2 aromatic rings. The third-order valence-electron chi connectivity index (χ3n) is 14.1. The van der Waals surface area contributed by atoms with E-state index in [0.717, 1.165) is 101 Å². The summed E-state index contributed by atoms with van der Waals surface area (Å²) in [6, 6.07) is 7.11. The van der Waals surface area contributed by atoms with E-state index in [4.69, 9.17) is 9.47 Å². The molecule has 4 N–H and O–H groups in total. The number of carbonyl (C=O) groups is 6. The number of carbonyl (C=O) groups excluding carboxylic acids is 6. The molecule has 0 bridgehead atoms. The first-order chi connectivity index (χ1) is 37.1. The molecule has 0 radical (unpaired) electrons. The second-order valence-electron chi connectivity index (χ2n) is 20.9. The summed E-state index contributed by atoms with van der Waals surface area (Å²) in [5, 5.41) is 11.8. The van der Waals surface area contributed by atoms with Crippen molar-refractivity contribution in [3.8, 4) is 11.1 Å². The van der Waals surface area contributed by atoms with Gasteiger partial charge in [0.2, 0.25) is 23.6 Å². The summed E-state index contributed by atoms with van der Waals surface area (Å²) in [6.07, 6.45) is 41.1. The predicted molar refractivity (Wildman–Crippen MR) is 304 cm³/mol. The highest BCUT2D eigenvalue weighted by atomic mass is 16.5. The minimum Gasteiger partial charge on any atom is -0.464 e. The Labute approximate surface area is 460 Å². The number of esters is 2. The van der Waals surface area contributed by atoms with Gasteiger partial charge in [-0.2, -0.15) is 0 Å². The first kappa shape index (κ1) is 67.2. The molecule has 2 unspecified atom stereocenters. The summed E-state index contributed by atoms with van der Waals surface area (Å²) in [4.78, 5) is 75.5. The topological polar surface area (TPSA) is 177 Å². The number of aryl methyl sites for hydroxylation is 2. The largest absolute Gasteiger partial charge is 0.464 e. The number of pyridine rings is 2. The van der Waals surface area contributed by atoms with Crippen LogP contribution in [0.15, 0.2) is 49.1 Å². The Morgan fingerprint density at radius 1 is 0.382 bits per heavy atom. The van der Waals surface area contributed by atoms with Crippen LogP contribution >= 0.6 is 0 Å². The van der Waals surface area contributed by atoms with Crippen molar-refractivity contribution in [3.63, 3.8) is 0 Å². The Hall–Kier alpha value is -4.88. The molecule has 0 aromatic carbocycles. The maximum atomic E-state index is 12.8. The van der Waals surface area contributed by atoms with Crippen LogP contribution in [-0.2, 0) is 51.3 Å². The standard InChI is InChI=1S/C62H104N6O8/c1-5-9-11-13-15-17-19-21-25-37-57(69)63-45-31-29-35-55(61(73)75-7-3)65-59(71)39-27-23-33-47-67-49-41-53(42-50-67)54-43-51-68(52-44-54)48-34-24-28-40-60(72)66-56(62(74)76-8-4)36-30-32-46-64-58(70)38-26-22-20-18-16-14-12-10-6-2/h41-44,49-52,55-56H,5-40,45-48H2,1-4H3,(H2-2,63,64,65,66,69,70,71,72)/p+2. The maximum Gasteiger partial charge on any atom is 0.328 e. The zero-order chi connectivity index (χ0) is 55.1. The fourth-order valence-electron chi connectivity index (χ4n) is 9.40. The molecule has 0 aliphatic heterocycles. The van der Waals surface area contributed by atoms with Crippen LogP contribution < -0.4 is 30.4 Å². The third-order valence-corrected chi connectivity index (χ3v) is 14.1. The number of nitrogens with zero attached hydrogens (tertiary/aromatic N) is 2. The number of ether oxygens (including phenoxy) is 2. The van der Waals surface area contributed by atoms with Crippen LogP contribution in [0.4, 0.5) is 0 Å². The molecule has 0 aliphatic carbocycles. The second kappa shape index (κ2) is 46.2. The first-order valence-electron chi connectivity index (χ1n) is 30.5. The second-order valence-corrected chi connectivity index (χ2v) is 20.9.